The Labute approximate surface area is 116 Å². The molecule has 0 spiro atoms. The van der Waals surface area contributed by atoms with Crippen molar-refractivity contribution in [3.63, 3.8) is 0 Å². The van der Waals surface area contributed by atoms with Gasteiger partial charge < -0.3 is 9.42 Å². The van der Waals surface area contributed by atoms with E-state index in [0.29, 0.717) is 17.5 Å². The first-order chi connectivity index (χ1) is 9.66. The van der Waals surface area contributed by atoms with Gasteiger partial charge in [0.2, 0.25) is 5.89 Å². The van der Waals surface area contributed by atoms with Crippen LogP contribution < -0.4 is 4.90 Å². The molecule has 0 amide bonds. The summed E-state index contributed by atoms with van der Waals surface area (Å²) in [5.41, 5.74) is 0. The van der Waals surface area contributed by atoms with Gasteiger partial charge >= 0.3 is 0 Å². The predicted octanol–water partition coefficient (Wildman–Crippen LogP) is 3.07. The van der Waals surface area contributed by atoms with E-state index >= 15 is 0 Å². The molecule has 1 atom stereocenters. The van der Waals surface area contributed by atoms with Gasteiger partial charge in [-0.3, -0.25) is 0 Å². The zero-order valence-electron chi connectivity index (χ0n) is 11.6. The lowest BCUT2D eigenvalue weighted by atomic mass is 10.2. The summed E-state index contributed by atoms with van der Waals surface area (Å²) >= 11 is 0. The largest absolute Gasteiger partial charge is 0.344 e. The number of hydrogen-bond donors (Lipinski definition) is 0. The Morgan fingerprint density at radius 1 is 1.45 bits per heavy atom. The highest BCUT2D eigenvalue weighted by Gasteiger charge is 2.32. The molecule has 1 saturated heterocycles. The average Bonchev–Trinajstić information content (AvgIpc) is 3.07. The summed E-state index contributed by atoms with van der Waals surface area (Å²) in [5.74, 6) is 1.49. The summed E-state index contributed by atoms with van der Waals surface area (Å²) in [6, 6.07) is 2.96. The third kappa shape index (κ3) is 2.26. The van der Waals surface area contributed by atoms with Gasteiger partial charge in [0.1, 0.15) is 0 Å². The smallest absolute Gasteiger partial charge is 0.229 e. The Bertz CT molecular complexity index is 598. The molecule has 6 heteroatoms. The first-order valence-corrected chi connectivity index (χ1v) is 6.87. The van der Waals surface area contributed by atoms with Crippen molar-refractivity contribution in [1.82, 2.24) is 15.1 Å². The van der Waals surface area contributed by atoms with Crippen LogP contribution >= 0.6 is 0 Å². The van der Waals surface area contributed by atoms with Crippen LogP contribution in [0.25, 0.3) is 0 Å². The number of hydrogen-bond acceptors (Lipinski definition) is 5. The van der Waals surface area contributed by atoms with Gasteiger partial charge in [-0.25, -0.2) is 9.37 Å². The number of rotatable bonds is 3. The summed E-state index contributed by atoms with van der Waals surface area (Å²) in [6.07, 6.45) is 3.45. The number of aromatic nitrogens is 3. The van der Waals surface area contributed by atoms with E-state index in [1.165, 1.54) is 6.07 Å². The molecule has 0 bridgehead atoms. The molecule has 2 aromatic rings. The van der Waals surface area contributed by atoms with E-state index < -0.39 is 0 Å². The van der Waals surface area contributed by atoms with Crippen molar-refractivity contribution in [2.45, 2.75) is 38.6 Å². The second-order valence-electron chi connectivity index (χ2n) is 5.31. The van der Waals surface area contributed by atoms with E-state index in [1.807, 2.05) is 18.7 Å². The summed E-state index contributed by atoms with van der Waals surface area (Å²) in [4.78, 5) is 10.5. The van der Waals surface area contributed by atoms with E-state index in [1.54, 1.807) is 12.3 Å². The van der Waals surface area contributed by atoms with Crippen LogP contribution in [0.3, 0.4) is 0 Å². The second kappa shape index (κ2) is 5.19. The SMILES string of the molecule is CC(C)c1nc(C2CCCN2c2ncccc2F)no1. The average molecular weight is 276 g/mol. The fourth-order valence-electron chi connectivity index (χ4n) is 2.49. The zero-order valence-corrected chi connectivity index (χ0v) is 11.6. The van der Waals surface area contributed by atoms with Gasteiger partial charge in [0.05, 0.1) is 6.04 Å². The maximum Gasteiger partial charge on any atom is 0.229 e. The Kier molecular flexibility index (Phi) is 3.38. The summed E-state index contributed by atoms with van der Waals surface area (Å²) < 4.78 is 19.1. The van der Waals surface area contributed by atoms with Gasteiger partial charge in [-0.1, -0.05) is 19.0 Å². The molecule has 0 radical (unpaired) electrons. The number of nitrogens with zero attached hydrogens (tertiary/aromatic N) is 4. The second-order valence-corrected chi connectivity index (χ2v) is 5.31. The lowest BCUT2D eigenvalue weighted by molar-refractivity contribution is 0.357. The predicted molar refractivity (Wildman–Crippen MR) is 71.9 cm³/mol. The zero-order chi connectivity index (χ0) is 14.1. The molecule has 1 aliphatic rings. The van der Waals surface area contributed by atoms with Gasteiger partial charge in [-0.2, -0.15) is 4.98 Å². The van der Waals surface area contributed by atoms with Gasteiger partial charge in [0, 0.05) is 18.7 Å². The highest BCUT2D eigenvalue weighted by molar-refractivity contribution is 5.43. The fourth-order valence-corrected chi connectivity index (χ4v) is 2.49. The minimum Gasteiger partial charge on any atom is -0.344 e. The van der Waals surface area contributed by atoms with Crippen LogP contribution in [0.15, 0.2) is 22.9 Å². The maximum atomic E-state index is 13.9. The van der Waals surface area contributed by atoms with Crippen molar-refractivity contribution in [3.8, 4) is 0 Å². The third-order valence-electron chi connectivity index (χ3n) is 3.51. The van der Waals surface area contributed by atoms with E-state index in [0.717, 1.165) is 19.4 Å². The van der Waals surface area contributed by atoms with Crippen LogP contribution in [0.2, 0.25) is 0 Å². The quantitative estimate of drug-likeness (QED) is 0.862. The molecular formula is C14H17FN4O. The number of halogens is 1. The minimum absolute atomic E-state index is 0.0596. The van der Waals surface area contributed by atoms with Crippen molar-refractivity contribution in [3.05, 3.63) is 35.9 Å². The van der Waals surface area contributed by atoms with Gasteiger partial charge in [0.15, 0.2) is 17.5 Å². The molecule has 1 unspecified atom stereocenters. The van der Waals surface area contributed by atoms with E-state index in [4.69, 9.17) is 4.52 Å². The van der Waals surface area contributed by atoms with Gasteiger partial charge in [0.25, 0.3) is 0 Å². The van der Waals surface area contributed by atoms with Crippen molar-refractivity contribution in [2.75, 3.05) is 11.4 Å². The molecule has 0 aliphatic carbocycles. The summed E-state index contributed by atoms with van der Waals surface area (Å²) in [7, 11) is 0. The molecule has 1 fully saturated rings. The lowest BCUT2D eigenvalue weighted by Gasteiger charge is -2.23. The first-order valence-electron chi connectivity index (χ1n) is 6.87. The lowest BCUT2D eigenvalue weighted by Crippen LogP contribution is -2.25. The van der Waals surface area contributed by atoms with Crippen molar-refractivity contribution < 1.29 is 8.91 Å². The molecule has 1 aliphatic heterocycles. The summed E-state index contributed by atoms with van der Waals surface area (Å²) in [5, 5.41) is 4.05. The molecule has 3 heterocycles. The van der Waals surface area contributed by atoms with Crippen LogP contribution in [0.1, 0.15) is 50.4 Å². The Hall–Kier alpha value is -1.98. The van der Waals surface area contributed by atoms with Crippen molar-refractivity contribution in [1.29, 1.82) is 0 Å². The molecule has 2 aromatic heterocycles. The highest BCUT2D eigenvalue weighted by atomic mass is 19.1. The van der Waals surface area contributed by atoms with E-state index in [9.17, 15) is 4.39 Å². The third-order valence-corrected chi connectivity index (χ3v) is 3.51. The van der Waals surface area contributed by atoms with Gasteiger partial charge in [-0.05, 0) is 25.0 Å². The molecule has 20 heavy (non-hydrogen) atoms. The van der Waals surface area contributed by atoms with Crippen LogP contribution in [0, 0.1) is 5.82 Å². The van der Waals surface area contributed by atoms with Crippen LogP contribution in [0.5, 0.6) is 0 Å². The normalized spacial score (nSPS) is 19.0. The highest BCUT2D eigenvalue weighted by Crippen LogP contribution is 2.35. The monoisotopic (exact) mass is 276 g/mol. The van der Waals surface area contributed by atoms with E-state index in [2.05, 4.69) is 15.1 Å². The molecular weight excluding hydrogens is 259 g/mol. The Balaban J connectivity index is 1.90. The van der Waals surface area contributed by atoms with Crippen molar-refractivity contribution >= 4 is 5.82 Å². The Morgan fingerprint density at radius 3 is 3.00 bits per heavy atom. The van der Waals surface area contributed by atoms with Gasteiger partial charge in [-0.15, -0.1) is 0 Å². The van der Waals surface area contributed by atoms with E-state index in [-0.39, 0.29) is 17.8 Å². The number of anilines is 1. The molecule has 106 valence electrons. The Morgan fingerprint density at radius 2 is 2.30 bits per heavy atom. The molecule has 0 aromatic carbocycles. The fraction of sp³-hybridized carbons (Fsp3) is 0.500. The first kappa shape index (κ1) is 13.0. The standard InChI is InChI=1S/C14H17FN4O/c1-9(2)14-17-12(18-20-14)11-6-4-8-19(11)13-10(15)5-3-7-16-13/h3,5,7,9,11H,4,6,8H2,1-2H3. The van der Waals surface area contributed by atoms with Crippen LogP contribution in [-0.2, 0) is 0 Å². The van der Waals surface area contributed by atoms with Crippen molar-refractivity contribution in [2.24, 2.45) is 0 Å². The molecule has 5 nitrogen and oxygen atoms in total. The van der Waals surface area contributed by atoms with Crippen LogP contribution in [-0.4, -0.2) is 21.7 Å². The molecule has 0 saturated carbocycles. The topological polar surface area (TPSA) is 55.1 Å². The maximum absolute atomic E-state index is 13.9. The molecule has 0 N–H and O–H groups in total. The molecule has 3 rings (SSSR count). The summed E-state index contributed by atoms with van der Waals surface area (Å²) in [6.45, 7) is 4.76. The minimum atomic E-state index is -0.313. The van der Waals surface area contributed by atoms with Crippen LogP contribution in [0.4, 0.5) is 10.2 Å². The number of pyridine rings is 1.